The predicted molar refractivity (Wildman–Crippen MR) is 133 cm³/mol. The molecule has 0 bridgehead atoms. The smallest absolute Gasteiger partial charge is 0.251 e. The Bertz CT molecular complexity index is 1380. The lowest BCUT2D eigenvalue weighted by atomic mass is 10.1. The molecule has 0 aliphatic rings. The van der Waals surface area contributed by atoms with Crippen molar-refractivity contribution in [3.05, 3.63) is 94.2 Å². The second-order valence-corrected chi connectivity index (χ2v) is 9.41. The molecule has 0 radical (unpaired) electrons. The van der Waals surface area contributed by atoms with Crippen molar-refractivity contribution < 1.29 is 4.79 Å². The molecule has 32 heavy (non-hydrogen) atoms. The summed E-state index contributed by atoms with van der Waals surface area (Å²) in [6.45, 7) is 2.68. The Morgan fingerprint density at radius 1 is 0.844 bits per heavy atom. The Balaban J connectivity index is 1.42. The summed E-state index contributed by atoms with van der Waals surface area (Å²) in [6, 6.07) is 21.9. The van der Waals surface area contributed by atoms with Crippen molar-refractivity contribution in [1.29, 1.82) is 0 Å². The molecule has 0 aliphatic carbocycles. The van der Waals surface area contributed by atoms with Gasteiger partial charge in [0.1, 0.15) is 11.4 Å². The van der Waals surface area contributed by atoms with E-state index < -0.39 is 0 Å². The SMILES string of the molecule is Cc1ccccc1CCNC(=O)c1ccc2nc(-c3cccs3)c(-c3cccs3)nc2c1. The molecule has 1 amide bonds. The minimum Gasteiger partial charge on any atom is -0.352 e. The quantitative estimate of drug-likeness (QED) is 0.324. The number of fused-ring (bicyclic) bond motifs is 1. The van der Waals surface area contributed by atoms with Gasteiger partial charge in [-0.1, -0.05) is 36.4 Å². The molecule has 1 N–H and O–H groups in total. The molecule has 3 heterocycles. The third kappa shape index (κ3) is 4.20. The summed E-state index contributed by atoms with van der Waals surface area (Å²) in [7, 11) is 0. The van der Waals surface area contributed by atoms with Crippen molar-refractivity contribution in [2.45, 2.75) is 13.3 Å². The molecule has 0 atom stereocenters. The number of rotatable bonds is 6. The second kappa shape index (κ2) is 9.02. The summed E-state index contributed by atoms with van der Waals surface area (Å²) >= 11 is 3.29. The number of aromatic nitrogens is 2. The van der Waals surface area contributed by atoms with Crippen molar-refractivity contribution in [1.82, 2.24) is 15.3 Å². The van der Waals surface area contributed by atoms with Gasteiger partial charge >= 0.3 is 0 Å². The molecule has 0 aliphatic heterocycles. The van der Waals surface area contributed by atoms with Gasteiger partial charge in [0.2, 0.25) is 0 Å². The average Bonchev–Trinajstić information content (AvgIpc) is 3.53. The number of nitrogens with zero attached hydrogens (tertiary/aromatic N) is 2. The van der Waals surface area contributed by atoms with Crippen LogP contribution >= 0.6 is 22.7 Å². The molecule has 0 unspecified atom stereocenters. The number of carbonyl (C=O) groups excluding carboxylic acids is 1. The van der Waals surface area contributed by atoms with Crippen LogP contribution < -0.4 is 5.32 Å². The molecule has 5 aromatic rings. The van der Waals surface area contributed by atoms with Crippen LogP contribution in [-0.2, 0) is 6.42 Å². The fraction of sp³-hybridized carbons (Fsp3) is 0.115. The van der Waals surface area contributed by atoms with Gasteiger partial charge in [-0.15, -0.1) is 22.7 Å². The van der Waals surface area contributed by atoms with E-state index >= 15 is 0 Å². The maximum Gasteiger partial charge on any atom is 0.251 e. The Hall–Kier alpha value is -3.35. The first kappa shape index (κ1) is 20.5. The average molecular weight is 456 g/mol. The van der Waals surface area contributed by atoms with E-state index in [9.17, 15) is 4.79 Å². The van der Waals surface area contributed by atoms with Crippen LogP contribution in [0, 0.1) is 6.92 Å². The van der Waals surface area contributed by atoms with E-state index in [0.29, 0.717) is 12.1 Å². The van der Waals surface area contributed by atoms with Crippen LogP contribution in [0.2, 0.25) is 0 Å². The second-order valence-electron chi connectivity index (χ2n) is 7.51. The number of hydrogen-bond donors (Lipinski definition) is 1. The third-order valence-electron chi connectivity index (χ3n) is 5.38. The zero-order chi connectivity index (χ0) is 21.9. The summed E-state index contributed by atoms with van der Waals surface area (Å²) < 4.78 is 0. The van der Waals surface area contributed by atoms with Gasteiger partial charge in [0.15, 0.2) is 0 Å². The van der Waals surface area contributed by atoms with Gasteiger partial charge in [-0.3, -0.25) is 4.79 Å². The van der Waals surface area contributed by atoms with Crippen LogP contribution in [0.3, 0.4) is 0 Å². The molecule has 5 rings (SSSR count). The maximum absolute atomic E-state index is 12.8. The van der Waals surface area contributed by atoms with Crippen LogP contribution in [0.1, 0.15) is 21.5 Å². The highest BCUT2D eigenvalue weighted by Gasteiger charge is 2.16. The van der Waals surface area contributed by atoms with Crippen LogP contribution in [0.4, 0.5) is 0 Å². The van der Waals surface area contributed by atoms with Crippen molar-refractivity contribution in [2.24, 2.45) is 0 Å². The number of hydrogen-bond acceptors (Lipinski definition) is 5. The van der Waals surface area contributed by atoms with Crippen molar-refractivity contribution >= 4 is 39.6 Å². The highest BCUT2D eigenvalue weighted by atomic mass is 32.1. The van der Waals surface area contributed by atoms with Gasteiger partial charge in [-0.25, -0.2) is 9.97 Å². The molecular formula is C26H21N3OS2. The molecule has 3 aromatic heterocycles. The molecule has 2 aromatic carbocycles. The molecule has 0 spiro atoms. The summed E-state index contributed by atoms with van der Waals surface area (Å²) in [5.74, 6) is -0.0951. The van der Waals surface area contributed by atoms with Gasteiger partial charge in [-0.2, -0.15) is 0 Å². The molecule has 0 fully saturated rings. The predicted octanol–water partition coefficient (Wildman–Crippen LogP) is 6.37. The first-order valence-electron chi connectivity index (χ1n) is 10.4. The van der Waals surface area contributed by atoms with Crippen molar-refractivity contribution in [2.75, 3.05) is 6.54 Å². The van der Waals surface area contributed by atoms with E-state index in [-0.39, 0.29) is 5.91 Å². The third-order valence-corrected chi connectivity index (χ3v) is 7.13. The van der Waals surface area contributed by atoms with E-state index in [4.69, 9.17) is 9.97 Å². The largest absolute Gasteiger partial charge is 0.352 e. The number of carbonyl (C=O) groups is 1. The van der Waals surface area contributed by atoms with Crippen molar-refractivity contribution in [3.63, 3.8) is 0 Å². The summed E-state index contributed by atoms with van der Waals surface area (Å²) in [5.41, 5.74) is 6.32. The molecule has 6 heteroatoms. The first-order valence-corrected chi connectivity index (χ1v) is 12.2. The monoisotopic (exact) mass is 455 g/mol. The van der Waals surface area contributed by atoms with E-state index in [1.807, 2.05) is 53.2 Å². The number of thiophene rings is 2. The number of benzene rings is 2. The van der Waals surface area contributed by atoms with E-state index in [1.54, 1.807) is 22.7 Å². The highest BCUT2D eigenvalue weighted by Crippen LogP contribution is 2.35. The normalized spacial score (nSPS) is 11.0. The summed E-state index contributed by atoms with van der Waals surface area (Å²) in [6.07, 6.45) is 0.804. The molecule has 158 valence electrons. The van der Waals surface area contributed by atoms with E-state index in [2.05, 4.69) is 36.5 Å². The zero-order valence-corrected chi connectivity index (χ0v) is 19.2. The molecular weight excluding hydrogens is 434 g/mol. The zero-order valence-electron chi connectivity index (χ0n) is 17.5. The molecule has 0 saturated carbocycles. The minimum absolute atomic E-state index is 0.0951. The van der Waals surface area contributed by atoms with E-state index in [1.165, 1.54) is 11.1 Å². The number of aryl methyl sites for hydroxylation is 1. The van der Waals surface area contributed by atoms with Crippen molar-refractivity contribution in [3.8, 4) is 21.1 Å². The Labute approximate surface area is 194 Å². The fourth-order valence-electron chi connectivity index (χ4n) is 3.67. The summed E-state index contributed by atoms with van der Waals surface area (Å²) in [5, 5.41) is 7.12. The minimum atomic E-state index is -0.0951. The van der Waals surface area contributed by atoms with Gasteiger partial charge in [0.05, 0.1) is 20.8 Å². The lowest BCUT2D eigenvalue weighted by Gasteiger charge is -2.10. The Kier molecular flexibility index (Phi) is 5.79. The maximum atomic E-state index is 12.8. The topological polar surface area (TPSA) is 54.9 Å². The number of amides is 1. The van der Waals surface area contributed by atoms with Gasteiger partial charge in [0.25, 0.3) is 5.91 Å². The lowest BCUT2D eigenvalue weighted by Crippen LogP contribution is -2.25. The van der Waals surface area contributed by atoms with Gasteiger partial charge in [0, 0.05) is 12.1 Å². The van der Waals surface area contributed by atoms with Gasteiger partial charge in [-0.05, 0) is 65.6 Å². The molecule has 4 nitrogen and oxygen atoms in total. The van der Waals surface area contributed by atoms with Crippen LogP contribution in [0.25, 0.3) is 32.2 Å². The van der Waals surface area contributed by atoms with Crippen LogP contribution in [0.15, 0.2) is 77.5 Å². The Morgan fingerprint density at radius 2 is 1.53 bits per heavy atom. The Morgan fingerprint density at radius 3 is 2.19 bits per heavy atom. The standard InChI is InChI=1S/C26H21N3OS2/c1-17-6-2-3-7-18(17)12-13-27-26(30)19-10-11-20-21(16-19)29-25(23-9-5-15-32-23)24(28-20)22-8-4-14-31-22/h2-11,14-16H,12-13H2,1H3,(H,27,30). The van der Waals surface area contributed by atoms with Crippen LogP contribution in [-0.4, -0.2) is 22.4 Å². The van der Waals surface area contributed by atoms with E-state index in [0.717, 1.165) is 38.6 Å². The highest BCUT2D eigenvalue weighted by molar-refractivity contribution is 7.14. The summed E-state index contributed by atoms with van der Waals surface area (Å²) in [4.78, 5) is 24.8. The van der Waals surface area contributed by atoms with Crippen LogP contribution in [0.5, 0.6) is 0 Å². The first-order chi connectivity index (χ1) is 15.7. The molecule has 0 saturated heterocycles. The van der Waals surface area contributed by atoms with Gasteiger partial charge < -0.3 is 5.32 Å². The fourth-order valence-corrected chi connectivity index (χ4v) is 5.10. The lowest BCUT2D eigenvalue weighted by molar-refractivity contribution is 0.0954. The number of nitrogens with one attached hydrogen (secondary N) is 1.